The normalized spacial score (nSPS) is 17.2. The van der Waals surface area contributed by atoms with Crippen LogP contribution in [0.3, 0.4) is 0 Å². The van der Waals surface area contributed by atoms with Crippen LogP contribution in [0.15, 0.2) is 72.8 Å². The molecule has 0 saturated carbocycles. The van der Waals surface area contributed by atoms with E-state index in [0.29, 0.717) is 17.7 Å². The first kappa shape index (κ1) is 35.1. The fraction of sp³-hybridized carbons (Fsp3) is 0.286. The van der Waals surface area contributed by atoms with Gasteiger partial charge in [-0.25, -0.2) is 4.79 Å². The fourth-order valence-corrected chi connectivity index (χ4v) is 6.04. The van der Waals surface area contributed by atoms with Gasteiger partial charge in [-0.3, -0.25) is 4.90 Å². The molecule has 0 radical (unpaired) electrons. The van der Waals surface area contributed by atoms with Crippen LogP contribution >= 0.6 is 11.6 Å². The summed E-state index contributed by atoms with van der Waals surface area (Å²) in [6, 6.07) is 13.6. The fourth-order valence-electron chi connectivity index (χ4n) is 5.82. The van der Waals surface area contributed by atoms with E-state index in [9.17, 15) is 44.3 Å². The van der Waals surface area contributed by atoms with Crippen molar-refractivity contribution >= 4 is 17.7 Å². The predicted octanol–water partition coefficient (Wildman–Crippen LogP) is 11.7. The van der Waals surface area contributed by atoms with E-state index in [2.05, 4.69) is 0 Å². The molecule has 0 spiro atoms. The molecule has 1 aliphatic heterocycles. The zero-order valence-corrected chi connectivity index (χ0v) is 26.3. The van der Waals surface area contributed by atoms with Crippen molar-refractivity contribution in [2.75, 3.05) is 0 Å². The first-order valence-electron chi connectivity index (χ1n) is 14.6. The highest BCUT2D eigenvalue weighted by molar-refractivity contribution is 6.33. The lowest BCUT2D eigenvalue weighted by Gasteiger charge is -2.24. The number of ether oxygens (including phenoxy) is 1. The van der Waals surface area contributed by atoms with E-state index in [0.717, 1.165) is 45.7 Å². The maximum Gasteiger partial charge on any atom is 0.416 e. The van der Waals surface area contributed by atoms with E-state index in [1.807, 2.05) is 32.0 Å². The van der Waals surface area contributed by atoms with Crippen LogP contribution < -0.4 is 0 Å². The molecule has 1 heterocycles. The van der Waals surface area contributed by atoms with Crippen LogP contribution in [-0.4, -0.2) is 17.0 Å². The largest absolute Gasteiger partial charge is 0.439 e. The number of carbonyl (C=O) groups excluding carboxylic acids is 1. The molecular formula is C35H27ClF9NO2. The van der Waals surface area contributed by atoms with Gasteiger partial charge < -0.3 is 4.74 Å². The molecule has 0 aromatic heterocycles. The minimum Gasteiger partial charge on any atom is -0.439 e. The lowest BCUT2D eigenvalue weighted by molar-refractivity contribution is -0.143. The molecule has 13 heteroatoms. The zero-order chi connectivity index (χ0) is 35.3. The van der Waals surface area contributed by atoms with Crippen molar-refractivity contribution in [2.24, 2.45) is 0 Å². The monoisotopic (exact) mass is 699 g/mol. The predicted molar refractivity (Wildman–Crippen MR) is 162 cm³/mol. The lowest BCUT2D eigenvalue weighted by atomic mass is 9.92. The quantitative estimate of drug-likeness (QED) is 0.188. The SMILES string of the molecule is CCc1ccc(-c2ccc(Cl)c(-c3ccc(C(F)(F)F)cc3CN3C(=O)O[C@H](c4cc(C(F)(F)F)cc(C(F)(F)F)c4)[C@@H]3C)c2)c(C)c1. The van der Waals surface area contributed by atoms with Crippen molar-refractivity contribution in [2.45, 2.75) is 64.4 Å². The van der Waals surface area contributed by atoms with E-state index in [1.54, 1.807) is 18.2 Å². The molecule has 3 nitrogen and oxygen atoms in total. The summed E-state index contributed by atoms with van der Waals surface area (Å²) in [6.07, 6.45) is -17.0. The first-order chi connectivity index (χ1) is 22.3. The van der Waals surface area contributed by atoms with E-state index in [4.69, 9.17) is 16.3 Å². The second-order valence-corrected chi connectivity index (χ2v) is 12.0. The molecule has 2 atom stereocenters. The summed E-state index contributed by atoms with van der Waals surface area (Å²) in [4.78, 5) is 14.0. The van der Waals surface area contributed by atoms with Crippen LogP contribution in [0.4, 0.5) is 44.3 Å². The summed E-state index contributed by atoms with van der Waals surface area (Å²) >= 11 is 6.58. The number of hydrogen-bond acceptors (Lipinski definition) is 2. The molecule has 0 bridgehead atoms. The van der Waals surface area contributed by atoms with Crippen LogP contribution in [0.5, 0.6) is 0 Å². The molecule has 0 unspecified atom stereocenters. The third kappa shape index (κ3) is 7.13. The standard InChI is InChI=1S/C35H27ClF9NO2/c1-4-20-5-8-27(18(2)11-20)21-6-10-30(36)29(15-21)28-9-7-24(33(37,38)39)14-23(28)17-46-19(3)31(48-32(46)47)22-12-25(34(40,41)42)16-26(13-22)35(43,44)45/h5-16,19,31H,4,17H2,1-3H3/t19-,31-/m0/s1. The smallest absolute Gasteiger partial charge is 0.416 e. The number of hydrogen-bond donors (Lipinski definition) is 0. The van der Waals surface area contributed by atoms with E-state index >= 15 is 0 Å². The summed E-state index contributed by atoms with van der Waals surface area (Å²) < 4.78 is 128. The van der Waals surface area contributed by atoms with E-state index in [-0.39, 0.29) is 22.2 Å². The molecule has 1 fully saturated rings. The number of aryl methyl sites for hydroxylation is 2. The molecule has 254 valence electrons. The Labute approximate surface area is 274 Å². The average molecular weight is 700 g/mol. The van der Waals surface area contributed by atoms with Gasteiger partial charge in [0.1, 0.15) is 6.10 Å². The minimum absolute atomic E-state index is 0.0219. The Morgan fingerprint density at radius 1 is 0.729 bits per heavy atom. The minimum atomic E-state index is -5.14. The number of carbonyl (C=O) groups is 1. The van der Waals surface area contributed by atoms with Crippen molar-refractivity contribution in [3.63, 3.8) is 0 Å². The van der Waals surface area contributed by atoms with Crippen molar-refractivity contribution < 1.29 is 49.0 Å². The average Bonchev–Trinajstić information content (AvgIpc) is 3.28. The molecule has 1 saturated heterocycles. The third-order valence-corrected chi connectivity index (χ3v) is 8.70. The molecule has 4 aromatic rings. The van der Waals surface area contributed by atoms with Gasteiger partial charge in [0, 0.05) is 10.6 Å². The van der Waals surface area contributed by atoms with Gasteiger partial charge in [0.15, 0.2) is 0 Å². The van der Waals surface area contributed by atoms with Gasteiger partial charge in [-0.15, -0.1) is 0 Å². The van der Waals surface area contributed by atoms with Gasteiger partial charge in [0.2, 0.25) is 0 Å². The summed E-state index contributed by atoms with van der Waals surface area (Å²) in [5.41, 5.74) is -0.580. The van der Waals surface area contributed by atoms with Gasteiger partial charge in [0.25, 0.3) is 0 Å². The number of amides is 1. The topological polar surface area (TPSA) is 29.5 Å². The second-order valence-electron chi connectivity index (χ2n) is 11.6. The number of rotatable bonds is 6. The summed E-state index contributed by atoms with van der Waals surface area (Å²) in [7, 11) is 0. The molecule has 1 aliphatic rings. The lowest BCUT2D eigenvalue weighted by Crippen LogP contribution is -2.32. The van der Waals surface area contributed by atoms with Crippen molar-refractivity contribution in [1.82, 2.24) is 4.90 Å². The molecule has 0 aliphatic carbocycles. The van der Waals surface area contributed by atoms with E-state index in [1.165, 1.54) is 13.0 Å². The van der Waals surface area contributed by atoms with Crippen molar-refractivity contribution in [3.05, 3.63) is 117 Å². The highest BCUT2D eigenvalue weighted by atomic mass is 35.5. The molecule has 5 rings (SSSR count). The molecule has 1 amide bonds. The summed E-state index contributed by atoms with van der Waals surface area (Å²) in [5, 5.41) is 0.196. The Morgan fingerprint density at radius 2 is 1.33 bits per heavy atom. The van der Waals surface area contributed by atoms with Gasteiger partial charge >= 0.3 is 24.6 Å². The van der Waals surface area contributed by atoms with Crippen LogP contribution in [0.25, 0.3) is 22.3 Å². The Morgan fingerprint density at radius 3 is 1.90 bits per heavy atom. The van der Waals surface area contributed by atoms with Crippen LogP contribution in [-0.2, 0) is 36.2 Å². The molecule has 48 heavy (non-hydrogen) atoms. The number of nitrogens with zero attached hydrogens (tertiary/aromatic N) is 1. The molecule has 0 N–H and O–H groups in total. The highest BCUT2D eigenvalue weighted by Gasteiger charge is 2.44. The van der Waals surface area contributed by atoms with Crippen LogP contribution in [0, 0.1) is 6.92 Å². The first-order valence-corrected chi connectivity index (χ1v) is 15.0. The molecular weight excluding hydrogens is 673 g/mol. The second kappa shape index (κ2) is 12.7. The van der Waals surface area contributed by atoms with Gasteiger partial charge in [-0.1, -0.05) is 48.9 Å². The van der Waals surface area contributed by atoms with Gasteiger partial charge in [-0.2, -0.15) is 39.5 Å². The summed E-state index contributed by atoms with van der Waals surface area (Å²) in [6.45, 7) is 4.74. The van der Waals surface area contributed by atoms with Gasteiger partial charge in [-0.05, 0) is 102 Å². The Bertz CT molecular complexity index is 1830. The number of alkyl halides is 9. The number of benzene rings is 4. The highest BCUT2D eigenvalue weighted by Crippen LogP contribution is 2.43. The van der Waals surface area contributed by atoms with Crippen molar-refractivity contribution in [3.8, 4) is 22.3 Å². The maximum absolute atomic E-state index is 13.9. The summed E-state index contributed by atoms with van der Waals surface area (Å²) in [5.74, 6) is 0. The maximum atomic E-state index is 13.9. The van der Waals surface area contributed by atoms with E-state index < -0.39 is 65.6 Å². The van der Waals surface area contributed by atoms with Crippen LogP contribution in [0.2, 0.25) is 5.02 Å². The Kier molecular flexibility index (Phi) is 9.28. The Hall–Kier alpha value is -4.19. The third-order valence-electron chi connectivity index (χ3n) is 8.37. The Balaban J connectivity index is 1.57. The zero-order valence-electron chi connectivity index (χ0n) is 25.5. The molecule has 4 aromatic carbocycles. The number of cyclic esters (lactones) is 1. The van der Waals surface area contributed by atoms with Gasteiger partial charge in [0.05, 0.1) is 29.3 Å². The van der Waals surface area contributed by atoms with Crippen LogP contribution in [0.1, 0.15) is 58.9 Å². The number of halogens is 10. The van der Waals surface area contributed by atoms with Crippen molar-refractivity contribution in [1.29, 1.82) is 0 Å².